The minimum atomic E-state index is 0.500. The van der Waals surface area contributed by atoms with Crippen LogP contribution in [0, 0.1) is 16.2 Å². The summed E-state index contributed by atoms with van der Waals surface area (Å²) in [5.41, 5.74) is 8.51. The lowest BCUT2D eigenvalue weighted by atomic mass is 10.0. The van der Waals surface area contributed by atoms with Gasteiger partial charge >= 0.3 is 0 Å². The molecule has 0 saturated heterocycles. The van der Waals surface area contributed by atoms with Crippen LogP contribution in [0.1, 0.15) is 142 Å². The molecule has 306 valence electrons. The number of nitrogens with zero attached hydrogens (tertiary/aromatic N) is 3. The molecule has 53 heavy (non-hydrogen) atoms. The molecule has 0 saturated carbocycles. The standard InChI is InChI=1S/C10H13N.C9H11NO.C9H11N.3C5H12.3C2H6/c1-11-8-4-6-9-5-2-3-7-10(9)11;1-10-6-7-11-9-5-3-2-4-8(9)10;1-10-7-6-8-4-2-3-5-9(8)10;3*1-5(2,3)4;3*1-2/h2-3,5,7H,4,6,8H2,1H3;2-5H,6-7H2,1H3;2-5H,6-7H2,1H3;3*1-4H3;3*1-2H3. The molecule has 0 fully saturated rings. The number of hydrogen-bond acceptors (Lipinski definition) is 4. The van der Waals surface area contributed by atoms with E-state index in [1.54, 1.807) is 0 Å². The van der Waals surface area contributed by atoms with E-state index in [0.29, 0.717) is 16.2 Å². The third-order valence-electron chi connectivity index (χ3n) is 6.42. The van der Waals surface area contributed by atoms with Crippen LogP contribution in [-0.2, 0) is 12.8 Å². The second-order valence-electron chi connectivity index (χ2n) is 17.7. The Morgan fingerprint density at radius 2 is 0.736 bits per heavy atom. The van der Waals surface area contributed by atoms with Gasteiger partial charge in [-0.1, -0.05) is 173 Å². The lowest BCUT2D eigenvalue weighted by Gasteiger charge is -2.27. The quantitative estimate of drug-likeness (QED) is 0.229. The van der Waals surface area contributed by atoms with Gasteiger partial charge in [-0.15, -0.1) is 0 Å². The molecule has 0 radical (unpaired) electrons. The van der Waals surface area contributed by atoms with Crippen LogP contribution in [0.2, 0.25) is 0 Å². The van der Waals surface area contributed by atoms with Crippen LogP contribution in [-0.4, -0.2) is 47.4 Å². The van der Waals surface area contributed by atoms with Crippen LogP contribution < -0.4 is 19.4 Å². The highest BCUT2D eigenvalue weighted by atomic mass is 16.5. The zero-order valence-corrected chi connectivity index (χ0v) is 39.1. The molecule has 0 amide bonds. The van der Waals surface area contributed by atoms with Crippen LogP contribution in [0.15, 0.2) is 72.8 Å². The Morgan fingerprint density at radius 3 is 1.13 bits per heavy atom. The molecule has 0 bridgehead atoms. The minimum absolute atomic E-state index is 0.500. The van der Waals surface area contributed by atoms with E-state index in [4.69, 9.17) is 4.74 Å². The third kappa shape index (κ3) is 31.0. The molecule has 3 heterocycles. The Balaban J connectivity index is -0.000000568. The topological polar surface area (TPSA) is 19.0 Å². The van der Waals surface area contributed by atoms with Gasteiger partial charge in [0.2, 0.25) is 0 Å². The normalized spacial score (nSPS) is 13.3. The maximum atomic E-state index is 5.45. The number of fused-ring (bicyclic) bond motifs is 3. The van der Waals surface area contributed by atoms with Gasteiger partial charge in [0.25, 0.3) is 0 Å². The van der Waals surface area contributed by atoms with Crippen molar-refractivity contribution in [3.05, 3.63) is 83.9 Å². The van der Waals surface area contributed by atoms with Crippen molar-refractivity contribution in [2.45, 2.75) is 144 Å². The highest BCUT2D eigenvalue weighted by Gasteiger charge is 2.14. The first-order valence-electron chi connectivity index (χ1n) is 20.6. The molecule has 0 aliphatic carbocycles. The summed E-state index contributed by atoms with van der Waals surface area (Å²) in [6, 6.07) is 25.4. The summed E-state index contributed by atoms with van der Waals surface area (Å²) in [7, 11) is 6.39. The first-order valence-corrected chi connectivity index (χ1v) is 20.6. The molecule has 0 N–H and O–H groups in total. The van der Waals surface area contributed by atoms with Gasteiger partial charge in [0.1, 0.15) is 12.4 Å². The zero-order valence-electron chi connectivity index (χ0n) is 39.1. The fourth-order valence-corrected chi connectivity index (χ4v) is 4.53. The molecule has 0 spiro atoms. The first-order chi connectivity index (χ1) is 24.6. The van der Waals surface area contributed by atoms with Gasteiger partial charge < -0.3 is 19.4 Å². The van der Waals surface area contributed by atoms with Crippen LogP contribution in [0.3, 0.4) is 0 Å². The van der Waals surface area contributed by atoms with Crippen LogP contribution in [0.5, 0.6) is 5.75 Å². The lowest BCUT2D eigenvalue weighted by Crippen LogP contribution is -2.28. The molecule has 0 atom stereocenters. The summed E-state index contributed by atoms with van der Waals surface area (Å²) in [6.45, 7) is 42.4. The van der Waals surface area contributed by atoms with Gasteiger partial charge in [0.15, 0.2) is 0 Å². The predicted molar refractivity (Wildman–Crippen MR) is 246 cm³/mol. The molecule has 3 aromatic carbocycles. The van der Waals surface area contributed by atoms with Crippen LogP contribution in [0.25, 0.3) is 0 Å². The SMILES string of the molecule is CC.CC.CC.CC(C)(C)C.CC(C)(C)C.CC(C)(C)C.CN1CCCc2ccccc21.CN1CCOc2ccccc21.CN1CCc2ccccc21. The summed E-state index contributed by atoms with van der Waals surface area (Å²) < 4.78 is 5.45. The number of anilines is 3. The summed E-state index contributed by atoms with van der Waals surface area (Å²) >= 11 is 0. The number of aryl methyl sites for hydroxylation is 1. The molecule has 3 aliphatic heterocycles. The largest absolute Gasteiger partial charge is 0.490 e. The molecule has 3 aliphatic rings. The Morgan fingerprint density at radius 1 is 0.415 bits per heavy atom. The van der Waals surface area contributed by atoms with Crippen molar-refractivity contribution in [2.24, 2.45) is 16.2 Å². The maximum Gasteiger partial charge on any atom is 0.142 e. The third-order valence-corrected chi connectivity index (χ3v) is 6.42. The average molecular weight is 736 g/mol. The molecular weight excluding hydrogens is 647 g/mol. The zero-order chi connectivity index (χ0) is 41.8. The van der Waals surface area contributed by atoms with Crippen molar-refractivity contribution >= 4 is 17.1 Å². The van der Waals surface area contributed by atoms with Crippen molar-refractivity contribution in [1.29, 1.82) is 0 Å². The monoisotopic (exact) mass is 736 g/mol. The van der Waals surface area contributed by atoms with Crippen molar-refractivity contribution < 1.29 is 4.74 Å². The minimum Gasteiger partial charge on any atom is -0.490 e. The second-order valence-corrected chi connectivity index (χ2v) is 17.7. The average Bonchev–Trinajstić information content (AvgIpc) is 3.47. The highest BCUT2D eigenvalue weighted by molar-refractivity contribution is 5.59. The first kappa shape index (κ1) is 54.2. The molecule has 0 aromatic heterocycles. The molecular formula is C49H89N3O. The smallest absolute Gasteiger partial charge is 0.142 e. The number of likely N-dealkylation sites (N-methyl/N-ethyl adjacent to an activating group) is 2. The Bertz CT molecular complexity index is 1180. The summed E-state index contributed by atoms with van der Waals surface area (Å²) in [6.07, 6.45) is 3.76. The Labute approximate surface area is 332 Å². The fraction of sp³-hybridized carbons (Fsp3) is 0.633. The summed E-state index contributed by atoms with van der Waals surface area (Å²) in [5.74, 6) is 1.00. The fourth-order valence-electron chi connectivity index (χ4n) is 4.53. The van der Waals surface area contributed by atoms with E-state index >= 15 is 0 Å². The van der Waals surface area contributed by atoms with Gasteiger partial charge in [0.05, 0.1) is 12.2 Å². The number of para-hydroxylation sites is 4. The van der Waals surface area contributed by atoms with Crippen molar-refractivity contribution in [1.82, 2.24) is 0 Å². The van der Waals surface area contributed by atoms with Gasteiger partial charge in [-0.2, -0.15) is 0 Å². The summed E-state index contributed by atoms with van der Waals surface area (Å²) in [4.78, 5) is 6.84. The van der Waals surface area contributed by atoms with E-state index in [1.165, 1.54) is 60.5 Å². The van der Waals surface area contributed by atoms with E-state index < -0.39 is 0 Å². The maximum absolute atomic E-state index is 5.45. The molecule has 3 aromatic rings. The van der Waals surface area contributed by atoms with Gasteiger partial charge in [0, 0.05) is 45.6 Å². The number of rotatable bonds is 0. The highest BCUT2D eigenvalue weighted by Crippen LogP contribution is 2.29. The number of benzene rings is 3. The van der Waals surface area contributed by atoms with Crippen molar-refractivity contribution in [2.75, 3.05) is 62.1 Å². The van der Waals surface area contributed by atoms with Gasteiger partial charge in [-0.3, -0.25) is 0 Å². The Kier molecular flexibility index (Phi) is 29.9. The van der Waals surface area contributed by atoms with E-state index in [0.717, 1.165) is 18.9 Å². The van der Waals surface area contributed by atoms with Crippen LogP contribution >= 0.6 is 0 Å². The number of hydrogen-bond donors (Lipinski definition) is 0. The van der Waals surface area contributed by atoms with E-state index in [2.05, 4.69) is 174 Å². The predicted octanol–water partition coefficient (Wildman–Crippen LogP) is 14.5. The van der Waals surface area contributed by atoms with Crippen molar-refractivity contribution in [3.63, 3.8) is 0 Å². The Hall–Kier alpha value is -3.14. The van der Waals surface area contributed by atoms with E-state index in [-0.39, 0.29) is 0 Å². The van der Waals surface area contributed by atoms with Gasteiger partial charge in [-0.05, 0) is 70.9 Å². The molecule has 4 nitrogen and oxygen atoms in total. The van der Waals surface area contributed by atoms with Crippen molar-refractivity contribution in [3.8, 4) is 5.75 Å². The van der Waals surface area contributed by atoms with E-state index in [1.807, 2.05) is 59.7 Å². The van der Waals surface area contributed by atoms with E-state index in [9.17, 15) is 0 Å². The molecule has 0 unspecified atom stereocenters. The number of ether oxygens (including phenoxy) is 1. The molecule has 6 rings (SSSR count). The lowest BCUT2D eigenvalue weighted by molar-refractivity contribution is 0.311. The summed E-state index contributed by atoms with van der Waals surface area (Å²) in [5, 5.41) is 0. The second kappa shape index (κ2) is 29.2. The molecule has 4 heteroatoms. The van der Waals surface area contributed by atoms with Crippen LogP contribution in [0.4, 0.5) is 17.1 Å². The van der Waals surface area contributed by atoms with Gasteiger partial charge in [-0.25, -0.2) is 0 Å².